The van der Waals surface area contributed by atoms with Crippen molar-refractivity contribution < 1.29 is 14.6 Å². The number of anilines is 1. The van der Waals surface area contributed by atoms with Gasteiger partial charge in [-0.2, -0.15) is 4.98 Å². The molecular weight excluding hydrogens is 218 g/mol. The molecule has 82 valence electrons. The molecule has 1 aliphatic rings. The maximum atomic E-state index is 10.9. The van der Waals surface area contributed by atoms with Gasteiger partial charge in [0.05, 0.1) is 7.11 Å². The fraction of sp³-hybridized carbons (Fsp3) is 0.625. The van der Waals surface area contributed by atoms with Crippen LogP contribution in [0.4, 0.5) is 5.13 Å². The number of hydrogen-bond acceptors (Lipinski definition) is 6. The van der Waals surface area contributed by atoms with Crippen molar-refractivity contribution in [2.75, 3.05) is 18.6 Å². The number of hydrogen-bond donors (Lipinski definition) is 1. The fourth-order valence-corrected chi connectivity index (χ4v) is 2.37. The summed E-state index contributed by atoms with van der Waals surface area (Å²) in [5.74, 6) is -0.804. The van der Waals surface area contributed by atoms with Crippen LogP contribution in [0, 0.1) is 0 Å². The normalized spacial score (nSPS) is 20.6. The molecular formula is C8H11N3O3S. The quantitative estimate of drug-likeness (QED) is 0.818. The standard InChI is InChI=1S/C8H11N3O3S/c1-14-7-9-8(15-10-7)11-4-2-3-5(11)6(12)13/h5H,2-4H2,1H3,(H,12,13)/t5-/m0/s1. The van der Waals surface area contributed by atoms with Crippen LogP contribution in [0.15, 0.2) is 0 Å². The zero-order valence-electron chi connectivity index (χ0n) is 8.21. The largest absolute Gasteiger partial charge is 0.480 e. The van der Waals surface area contributed by atoms with Gasteiger partial charge in [0.25, 0.3) is 0 Å². The number of aliphatic carboxylic acids is 1. The Morgan fingerprint density at radius 2 is 2.53 bits per heavy atom. The Hall–Kier alpha value is -1.37. The zero-order valence-corrected chi connectivity index (χ0v) is 9.03. The van der Waals surface area contributed by atoms with Gasteiger partial charge in [-0.25, -0.2) is 4.79 Å². The van der Waals surface area contributed by atoms with Crippen molar-refractivity contribution in [2.45, 2.75) is 18.9 Å². The Labute approximate surface area is 90.7 Å². The third kappa shape index (κ3) is 1.87. The number of carboxylic acid groups (broad SMARTS) is 1. The minimum Gasteiger partial charge on any atom is -0.480 e. The Morgan fingerprint density at radius 1 is 1.73 bits per heavy atom. The molecule has 0 aliphatic carbocycles. The van der Waals surface area contributed by atoms with E-state index in [-0.39, 0.29) is 0 Å². The number of aromatic nitrogens is 2. The summed E-state index contributed by atoms with van der Waals surface area (Å²) >= 11 is 1.17. The van der Waals surface area contributed by atoms with Crippen molar-refractivity contribution in [3.05, 3.63) is 0 Å². The van der Waals surface area contributed by atoms with Gasteiger partial charge in [-0.1, -0.05) is 0 Å². The average molecular weight is 229 g/mol. The van der Waals surface area contributed by atoms with Crippen molar-refractivity contribution >= 4 is 22.6 Å². The van der Waals surface area contributed by atoms with Crippen LogP contribution in [0.2, 0.25) is 0 Å². The van der Waals surface area contributed by atoms with Gasteiger partial charge in [0, 0.05) is 18.1 Å². The smallest absolute Gasteiger partial charge is 0.329 e. The van der Waals surface area contributed by atoms with E-state index in [1.54, 1.807) is 4.90 Å². The van der Waals surface area contributed by atoms with Crippen molar-refractivity contribution in [1.29, 1.82) is 0 Å². The van der Waals surface area contributed by atoms with Crippen LogP contribution in [-0.4, -0.2) is 40.1 Å². The topological polar surface area (TPSA) is 75.5 Å². The second-order valence-corrected chi connectivity index (χ2v) is 3.98. The maximum Gasteiger partial charge on any atom is 0.329 e. The van der Waals surface area contributed by atoms with Gasteiger partial charge in [-0.15, -0.1) is 4.37 Å². The van der Waals surface area contributed by atoms with E-state index in [4.69, 9.17) is 9.84 Å². The molecule has 0 spiro atoms. The number of carbonyl (C=O) groups is 1. The van der Waals surface area contributed by atoms with Crippen molar-refractivity contribution in [2.24, 2.45) is 0 Å². The maximum absolute atomic E-state index is 10.9. The van der Waals surface area contributed by atoms with Gasteiger partial charge in [-0.3, -0.25) is 0 Å². The molecule has 6 nitrogen and oxygen atoms in total. The first-order valence-electron chi connectivity index (χ1n) is 4.59. The second-order valence-electron chi connectivity index (χ2n) is 3.25. The van der Waals surface area contributed by atoms with E-state index in [0.717, 1.165) is 13.0 Å². The fourth-order valence-electron chi connectivity index (χ4n) is 1.65. The summed E-state index contributed by atoms with van der Waals surface area (Å²) in [5.41, 5.74) is 0. The molecule has 1 N–H and O–H groups in total. The molecule has 0 saturated carbocycles. The highest BCUT2D eigenvalue weighted by molar-refractivity contribution is 7.09. The minimum atomic E-state index is -0.804. The third-order valence-electron chi connectivity index (χ3n) is 2.36. The van der Waals surface area contributed by atoms with Gasteiger partial charge in [-0.05, 0) is 12.8 Å². The summed E-state index contributed by atoms with van der Waals surface area (Å²) in [4.78, 5) is 16.8. The number of carboxylic acids is 1. The first-order valence-corrected chi connectivity index (χ1v) is 5.37. The van der Waals surface area contributed by atoms with Crippen LogP contribution in [0.1, 0.15) is 12.8 Å². The van der Waals surface area contributed by atoms with Crippen molar-refractivity contribution in [3.63, 3.8) is 0 Å². The van der Waals surface area contributed by atoms with Gasteiger partial charge < -0.3 is 14.7 Å². The second kappa shape index (κ2) is 4.01. The number of methoxy groups -OCH3 is 1. The zero-order chi connectivity index (χ0) is 10.8. The Balaban J connectivity index is 2.18. The summed E-state index contributed by atoms with van der Waals surface area (Å²) in [5, 5.41) is 9.61. The van der Waals surface area contributed by atoms with Gasteiger partial charge in [0.2, 0.25) is 5.13 Å². The number of nitrogens with zero attached hydrogens (tertiary/aromatic N) is 3. The summed E-state index contributed by atoms with van der Waals surface area (Å²) in [6.07, 6.45) is 1.54. The Bertz CT molecular complexity index is 368. The lowest BCUT2D eigenvalue weighted by Gasteiger charge is -2.19. The van der Waals surface area contributed by atoms with Crippen LogP contribution >= 0.6 is 11.5 Å². The third-order valence-corrected chi connectivity index (χ3v) is 3.10. The highest BCUT2D eigenvalue weighted by Crippen LogP contribution is 2.28. The molecule has 1 aliphatic heterocycles. The molecule has 0 amide bonds. The van der Waals surface area contributed by atoms with Crippen LogP contribution in [0.25, 0.3) is 0 Å². The molecule has 1 saturated heterocycles. The summed E-state index contributed by atoms with van der Waals surface area (Å²) in [6, 6.07) is -0.173. The molecule has 0 unspecified atom stereocenters. The van der Waals surface area contributed by atoms with E-state index in [1.165, 1.54) is 18.6 Å². The first-order chi connectivity index (χ1) is 7.22. The van der Waals surface area contributed by atoms with Gasteiger partial charge in [0.15, 0.2) is 0 Å². The van der Waals surface area contributed by atoms with Crippen LogP contribution in [-0.2, 0) is 4.79 Å². The molecule has 15 heavy (non-hydrogen) atoms. The van der Waals surface area contributed by atoms with E-state index in [9.17, 15) is 4.79 Å². The van der Waals surface area contributed by atoms with Gasteiger partial charge >= 0.3 is 12.0 Å². The number of ether oxygens (including phenoxy) is 1. The average Bonchev–Trinajstić information content (AvgIpc) is 2.85. The van der Waals surface area contributed by atoms with Crippen molar-refractivity contribution in [3.8, 4) is 6.01 Å². The van der Waals surface area contributed by atoms with Crippen LogP contribution in [0.5, 0.6) is 6.01 Å². The molecule has 1 aromatic heterocycles. The summed E-state index contributed by atoms with van der Waals surface area (Å²) < 4.78 is 8.81. The van der Waals surface area contributed by atoms with Crippen LogP contribution < -0.4 is 9.64 Å². The van der Waals surface area contributed by atoms with E-state index < -0.39 is 12.0 Å². The minimum absolute atomic E-state index is 0.297. The Morgan fingerprint density at radius 3 is 3.13 bits per heavy atom. The molecule has 1 atom stereocenters. The first kappa shape index (κ1) is 10.2. The van der Waals surface area contributed by atoms with Crippen LogP contribution in [0.3, 0.4) is 0 Å². The molecule has 7 heteroatoms. The van der Waals surface area contributed by atoms with E-state index in [1.807, 2.05) is 0 Å². The monoisotopic (exact) mass is 229 g/mol. The molecule has 1 fully saturated rings. The molecule has 0 radical (unpaired) electrons. The van der Waals surface area contributed by atoms with Gasteiger partial charge in [0.1, 0.15) is 6.04 Å². The summed E-state index contributed by atoms with van der Waals surface area (Å²) in [6.45, 7) is 0.718. The van der Waals surface area contributed by atoms with Crippen molar-refractivity contribution in [1.82, 2.24) is 9.36 Å². The highest BCUT2D eigenvalue weighted by Gasteiger charge is 2.32. The lowest BCUT2D eigenvalue weighted by atomic mass is 10.2. The molecule has 2 rings (SSSR count). The van der Waals surface area contributed by atoms with E-state index in [0.29, 0.717) is 17.6 Å². The lowest BCUT2D eigenvalue weighted by molar-refractivity contribution is -0.138. The van der Waals surface area contributed by atoms with E-state index >= 15 is 0 Å². The molecule has 1 aromatic rings. The molecule has 0 aromatic carbocycles. The molecule has 2 heterocycles. The SMILES string of the molecule is COc1nsc(N2CCC[C@H]2C(=O)O)n1. The number of rotatable bonds is 3. The predicted molar refractivity (Wildman–Crippen MR) is 54.5 cm³/mol. The van der Waals surface area contributed by atoms with E-state index in [2.05, 4.69) is 9.36 Å². The molecule has 0 bridgehead atoms. The summed E-state index contributed by atoms with van der Waals surface area (Å²) in [7, 11) is 1.49. The Kier molecular flexibility index (Phi) is 2.72. The predicted octanol–water partition coefficient (Wildman–Crippen LogP) is 0.600. The lowest BCUT2D eigenvalue weighted by Crippen LogP contribution is -2.35. The highest BCUT2D eigenvalue weighted by atomic mass is 32.1.